The summed E-state index contributed by atoms with van der Waals surface area (Å²) in [5.41, 5.74) is 11.1. The van der Waals surface area contributed by atoms with Crippen molar-refractivity contribution in [2.24, 2.45) is 20.5 Å². The van der Waals surface area contributed by atoms with Crippen LogP contribution in [0.2, 0.25) is 0 Å². The SMILES string of the molecule is Cc1cc(N)cc(C)c1N=Nc1ccc(N=Nc2ccc([N+](=O)[O-])cc2)cc1. The van der Waals surface area contributed by atoms with Crippen LogP contribution in [0.4, 0.5) is 34.1 Å². The molecule has 0 amide bonds. The highest BCUT2D eigenvalue weighted by molar-refractivity contribution is 5.59. The van der Waals surface area contributed by atoms with Crippen molar-refractivity contribution in [3.63, 3.8) is 0 Å². The molecule has 0 radical (unpaired) electrons. The largest absolute Gasteiger partial charge is 0.399 e. The van der Waals surface area contributed by atoms with Crippen LogP contribution in [0, 0.1) is 24.0 Å². The van der Waals surface area contributed by atoms with E-state index in [0.29, 0.717) is 22.7 Å². The topological polar surface area (TPSA) is 119 Å². The Bertz CT molecular complexity index is 1030. The number of nitro groups is 1. The Kier molecular flexibility index (Phi) is 5.50. The van der Waals surface area contributed by atoms with E-state index in [2.05, 4.69) is 20.5 Å². The Labute approximate surface area is 161 Å². The molecule has 0 bridgehead atoms. The van der Waals surface area contributed by atoms with Gasteiger partial charge in [-0.2, -0.15) is 20.5 Å². The summed E-state index contributed by atoms with van der Waals surface area (Å²) < 4.78 is 0. The van der Waals surface area contributed by atoms with E-state index in [-0.39, 0.29) is 5.69 Å². The molecule has 0 aromatic heterocycles. The van der Waals surface area contributed by atoms with Gasteiger partial charge in [0.2, 0.25) is 0 Å². The maximum Gasteiger partial charge on any atom is 0.269 e. The number of hydrogen-bond acceptors (Lipinski definition) is 7. The molecular weight excluding hydrogens is 356 g/mol. The summed E-state index contributed by atoms with van der Waals surface area (Å²) >= 11 is 0. The number of benzene rings is 3. The van der Waals surface area contributed by atoms with Crippen molar-refractivity contribution in [2.45, 2.75) is 13.8 Å². The number of aryl methyl sites for hydroxylation is 2. The molecule has 0 aliphatic rings. The van der Waals surface area contributed by atoms with Gasteiger partial charge in [-0.25, -0.2) is 0 Å². The first-order valence-electron chi connectivity index (χ1n) is 8.47. The van der Waals surface area contributed by atoms with E-state index in [1.54, 1.807) is 36.4 Å². The first kappa shape index (κ1) is 18.8. The minimum Gasteiger partial charge on any atom is -0.399 e. The maximum atomic E-state index is 10.6. The molecule has 0 spiro atoms. The molecule has 0 saturated heterocycles. The summed E-state index contributed by atoms with van der Waals surface area (Å²) in [6, 6.07) is 16.7. The van der Waals surface area contributed by atoms with Crippen LogP contribution in [0.15, 0.2) is 81.1 Å². The van der Waals surface area contributed by atoms with Gasteiger partial charge in [-0.1, -0.05) is 0 Å². The lowest BCUT2D eigenvalue weighted by Crippen LogP contribution is -1.88. The summed E-state index contributed by atoms with van der Waals surface area (Å²) in [5, 5.41) is 27.4. The molecule has 2 N–H and O–H groups in total. The molecule has 0 aliphatic heterocycles. The minimum absolute atomic E-state index is 0.0141. The highest BCUT2D eigenvalue weighted by atomic mass is 16.6. The van der Waals surface area contributed by atoms with Gasteiger partial charge in [0.15, 0.2) is 0 Å². The maximum absolute atomic E-state index is 10.6. The molecule has 3 aromatic carbocycles. The van der Waals surface area contributed by atoms with E-state index in [4.69, 9.17) is 5.73 Å². The van der Waals surface area contributed by atoms with Crippen LogP contribution >= 0.6 is 0 Å². The molecule has 0 aliphatic carbocycles. The fraction of sp³-hybridized carbons (Fsp3) is 0.100. The molecule has 0 fully saturated rings. The number of hydrogen-bond donors (Lipinski definition) is 1. The highest BCUT2D eigenvalue weighted by Gasteiger charge is 2.04. The molecule has 140 valence electrons. The average Bonchev–Trinajstić information content (AvgIpc) is 2.66. The van der Waals surface area contributed by atoms with Crippen molar-refractivity contribution >= 4 is 34.1 Å². The normalized spacial score (nSPS) is 11.4. The fourth-order valence-corrected chi connectivity index (χ4v) is 2.60. The Hall–Kier alpha value is -3.94. The lowest BCUT2D eigenvalue weighted by Gasteiger charge is -2.05. The first-order chi connectivity index (χ1) is 13.4. The number of nitrogens with two attached hydrogens (primary N) is 1. The van der Waals surface area contributed by atoms with Crippen LogP contribution in [0.1, 0.15) is 11.1 Å². The van der Waals surface area contributed by atoms with E-state index in [1.807, 2.05) is 26.0 Å². The molecule has 3 aromatic rings. The zero-order valence-corrected chi connectivity index (χ0v) is 15.4. The van der Waals surface area contributed by atoms with E-state index in [1.165, 1.54) is 12.1 Å². The third-order valence-electron chi connectivity index (χ3n) is 3.97. The second kappa shape index (κ2) is 8.17. The molecule has 8 heteroatoms. The first-order valence-corrected chi connectivity index (χ1v) is 8.47. The van der Waals surface area contributed by atoms with Gasteiger partial charge in [-0.15, -0.1) is 0 Å². The van der Waals surface area contributed by atoms with Gasteiger partial charge in [0.05, 0.1) is 27.7 Å². The summed E-state index contributed by atoms with van der Waals surface area (Å²) in [7, 11) is 0. The summed E-state index contributed by atoms with van der Waals surface area (Å²) in [6.07, 6.45) is 0. The zero-order chi connectivity index (χ0) is 20.1. The molecule has 0 heterocycles. The Morgan fingerprint density at radius 1 is 0.750 bits per heavy atom. The highest BCUT2D eigenvalue weighted by Crippen LogP contribution is 2.29. The number of nitro benzene ring substituents is 1. The van der Waals surface area contributed by atoms with Gasteiger partial charge >= 0.3 is 0 Å². The average molecular weight is 374 g/mol. The van der Waals surface area contributed by atoms with Crippen molar-refractivity contribution in [1.82, 2.24) is 0 Å². The van der Waals surface area contributed by atoms with Crippen molar-refractivity contribution in [2.75, 3.05) is 5.73 Å². The third kappa shape index (κ3) is 4.61. The standard InChI is InChI=1S/C20H18N6O2/c1-13-11-15(21)12-14(2)20(13)25-24-17-5-3-16(4-6-17)22-23-18-7-9-19(10-8-18)26(27)28/h3-12H,21H2,1-2H3. The predicted molar refractivity (Wildman–Crippen MR) is 108 cm³/mol. The number of non-ortho nitro benzene ring substituents is 1. The minimum atomic E-state index is -0.457. The van der Waals surface area contributed by atoms with Crippen LogP contribution < -0.4 is 5.73 Å². The summed E-state index contributed by atoms with van der Waals surface area (Å²) in [4.78, 5) is 10.2. The monoisotopic (exact) mass is 374 g/mol. The molecule has 8 nitrogen and oxygen atoms in total. The Morgan fingerprint density at radius 2 is 1.14 bits per heavy atom. The second-order valence-corrected chi connectivity index (χ2v) is 6.19. The van der Waals surface area contributed by atoms with Crippen molar-refractivity contribution in [3.8, 4) is 0 Å². The number of anilines is 1. The summed E-state index contributed by atoms with van der Waals surface area (Å²) in [6.45, 7) is 3.89. The molecule has 0 saturated carbocycles. The molecular formula is C20H18N6O2. The van der Waals surface area contributed by atoms with Gasteiger partial charge in [-0.05, 0) is 73.5 Å². The van der Waals surface area contributed by atoms with Gasteiger partial charge in [0.1, 0.15) is 0 Å². The smallest absolute Gasteiger partial charge is 0.269 e. The van der Waals surface area contributed by atoms with E-state index in [9.17, 15) is 10.1 Å². The number of nitrogen functional groups attached to an aromatic ring is 1. The quantitative estimate of drug-likeness (QED) is 0.234. The van der Waals surface area contributed by atoms with Crippen molar-refractivity contribution < 1.29 is 4.92 Å². The fourth-order valence-electron chi connectivity index (χ4n) is 2.60. The van der Waals surface area contributed by atoms with Crippen LogP contribution in [0.3, 0.4) is 0 Å². The molecule has 0 atom stereocenters. The van der Waals surface area contributed by atoms with Crippen LogP contribution in [0.5, 0.6) is 0 Å². The molecule has 0 unspecified atom stereocenters. The van der Waals surface area contributed by atoms with Gasteiger partial charge in [0, 0.05) is 17.8 Å². The Morgan fingerprint density at radius 3 is 1.57 bits per heavy atom. The second-order valence-electron chi connectivity index (χ2n) is 6.19. The number of nitrogens with zero attached hydrogens (tertiary/aromatic N) is 5. The Balaban J connectivity index is 1.70. The molecule has 28 heavy (non-hydrogen) atoms. The third-order valence-corrected chi connectivity index (χ3v) is 3.97. The van der Waals surface area contributed by atoms with Crippen LogP contribution in [-0.2, 0) is 0 Å². The lowest BCUT2D eigenvalue weighted by atomic mass is 10.1. The van der Waals surface area contributed by atoms with Gasteiger partial charge < -0.3 is 5.73 Å². The predicted octanol–water partition coefficient (Wildman–Crippen LogP) is 6.62. The van der Waals surface area contributed by atoms with Gasteiger partial charge in [-0.3, -0.25) is 10.1 Å². The van der Waals surface area contributed by atoms with E-state index < -0.39 is 4.92 Å². The van der Waals surface area contributed by atoms with Crippen molar-refractivity contribution in [3.05, 3.63) is 81.9 Å². The van der Waals surface area contributed by atoms with E-state index in [0.717, 1.165) is 16.8 Å². The molecule has 3 rings (SSSR count). The van der Waals surface area contributed by atoms with Crippen molar-refractivity contribution in [1.29, 1.82) is 0 Å². The summed E-state index contributed by atoms with van der Waals surface area (Å²) in [5.74, 6) is 0. The zero-order valence-electron chi connectivity index (χ0n) is 15.4. The van der Waals surface area contributed by atoms with Crippen LogP contribution in [0.25, 0.3) is 0 Å². The van der Waals surface area contributed by atoms with E-state index >= 15 is 0 Å². The van der Waals surface area contributed by atoms with Gasteiger partial charge in [0.25, 0.3) is 5.69 Å². The lowest BCUT2D eigenvalue weighted by molar-refractivity contribution is -0.384. The number of azo groups is 2. The van der Waals surface area contributed by atoms with Crippen LogP contribution in [-0.4, -0.2) is 4.92 Å². The number of rotatable bonds is 5.